The van der Waals surface area contributed by atoms with Crippen molar-refractivity contribution in [2.24, 2.45) is 11.1 Å². The second-order valence-corrected chi connectivity index (χ2v) is 4.92. The summed E-state index contributed by atoms with van der Waals surface area (Å²) in [5, 5.41) is 7.39. The third-order valence-electron chi connectivity index (χ3n) is 2.94. The molecule has 1 N–H and O–H groups in total. The minimum absolute atomic E-state index is 0.106. The second kappa shape index (κ2) is 7.80. The van der Waals surface area contributed by atoms with Crippen LogP contribution >= 0.6 is 0 Å². The van der Waals surface area contributed by atoms with Crippen LogP contribution in [0.3, 0.4) is 0 Å². The van der Waals surface area contributed by atoms with E-state index in [9.17, 15) is 4.79 Å². The van der Waals surface area contributed by atoms with Gasteiger partial charge in [0.05, 0.1) is 6.04 Å². The maximum absolute atomic E-state index is 11.3. The molecule has 19 heavy (non-hydrogen) atoms. The molecule has 0 aromatic heterocycles. The van der Waals surface area contributed by atoms with Crippen LogP contribution in [0.15, 0.2) is 5.16 Å². The lowest BCUT2D eigenvalue weighted by molar-refractivity contribution is -0.130. The van der Waals surface area contributed by atoms with Crippen LogP contribution in [0.5, 0.6) is 0 Å². The summed E-state index contributed by atoms with van der Waals surface area (Å²) in [5.74, 6) is 6.12. The van der Waals surface area contributed by atoms with Gasteiger partial charge >= 0.3 is 0 Å². The van der Waals surface area contributed by atoms with Gasteiger partial charge in [-0.25, -0.2) is 0 Å². The zero-order valence-electron chi connectivity index (χ0n) is 12.2. The molecule has 1 amide bonds. The lowest BCUT2D eigenvalue weighted by Gasteiger charge is -2.32. The Bertz CT molecular complexity index is 393. The Hall–Kier alpha value is -1.54. The minimum Gasteiger partial charge on any atom is -0.393 e. The fourth-order valence-electron chi connectivity index (χ4n) is 1.82. The van der Waals surface area contributed by atoms with E-state index in [4.69, 9.17) is 4.84 Å². The average Bonchev–Trinajstić information content (AvgIpc) is 2.38. The molecule has 1 atom stereocenters. The van der Waals surface area contributed by atoms with Crippen molar-refractivity contribution in [3.8, 4) is 11.8 Å². The summed E-state index contributed by atoms with van der Waals surface area (Å²) in [4.78, 5) is 18.5. The first-order valence-corrected chi connectivity index (χ1v) is 6.66. The molecule has 0 saturated carbocycles. The van der Waals surface area contributed by atoms with Crippen LogP contribution in [-0.2, 0) is 9.63 Å². The van der Waals surface area contributed by atoms with Gasteiger partial charge in [-0.3, -0.25) is 4.79 Å². The molecular formula is C14H23N3O2. The fraction of sp³-hybridized carbons (Fsp3) is 0.714. The van der Waals surface area contributed by atoms with Gasteiger partial charge in [0.25, 0.3) is 0 Å². The molecule has 1 heterocycles. The van der Waals surface area contributed by atoms with E-state index >= 15 is 0 Å². The Kier molecular flexibility index (Phi) is 6.37. The molecule has 1 aliphatic heterocycles. The topological polar surface area (TPSA) is 53.9 Å². The lowest BCUT2D eigenvalue weighted by atomic mass is 10.1. The zero-order chi connectivity index (χ0) is 14.3. The predicted octanol–water partition coefficient (Wildman–Crippen LogP) is 0.859. The van der Waals surface area contributed by atoms with Crippen LogP contribution in [-0.4, -0.2) is 48.8 Å². The summed E-state index contributed by atoms with van der Waals surface area (Å²) in [6, 6.07) is 0.129. The first-order chi connectivity index (χ1) is 9.04. The van der Waals surface area contributed by atoms with Crippen molar-refractivity contribution in [2.45, 2.75) is 33.7 Å². The van der Waals surface area contributed by atoms with Gasteiger partial charge in [-0.1, -0.05) is 24.9 Å². The molecule has 0 aromatic carbocycles. The zero-order valence-corrected chi connectivity index (χ0v) is 12.2. The Balaban J connectivity index is 2.45. The van der Waals surface area contributed by atoms with E-state index in [-0.39, 0.29) is 17.9 Å². The van der Waals surface area contributed by atoms with E-state index in [0.29, 0.717) is 13.2 Å². The molecule has 0 unspecified atom stereocenters. The van der Waals surface area contributed by atoms with E-state index in [1.54, 1.807) is 13.8 Å². The molecule has 0 spiro atoms. The number of oxime groups is 1. The highest BCUT2D eigenvalue weighted by Gasteiger charge is 2.21. The Morgan fingerprint density at radius 2 is 2.32 bits per heavy atom. The van der Waals surface area contributed by atoms with Crippen LogP contribution in [0.25, 0.3) is 0 Å². The normalized spacial score (nSPS) is 19.9. The van der Waals surface area contributed by atoms with Gasteiger partial charge in [-0.2, -0.15) is 0 Å². The van der Waals surface area contributed by atoms with E-state index in [1.807, 2.05) is 18.7 Å². The molecule has 106 valence electrons. The van der Waals surface area contributed by atoms with Crippen molar-refractivity contribution in [2.75, 3.05) is 26.2 Å². The number of rotatable bonds is 4. The van der Waals surface area contributed by atoms with Crippen molar-refractivity contribution in [1.29, 1.82) is 0 Å². The lowest BCUT2D eigenvalue weighted by Crippen LogP contribution is -2.53. The predicted molar refractivity (Wildman–Crippen MR) is 75.7 cm³/mol. The standard InChI is InChI=1S/C14H23N3O2/c1-5-6-14(11(2)3)16-19-10-13-9-17(12(4)18)8-7-15-13/h11,13,15H,7-10H2,1-4H3/b16-14+/t13-/m1/s1. The monoisotopic (exact) mass is 265 g/mol. The SMILES string of the molecule is CC#C/C(=N\OC[C@H]1CN(C(C)=O)CCN1)C(C)C. The molecule has 1 rings (SSSR count). The number of piperazine rings is 1. The Morgan fingerprint density at radius 3 is 2.89 bits per heavy atom. The van der Waals surface area contributed by atoms with Crippen molar-refractivity contribution < 1.29 is 9.63 Å². The first-order valence-electron chi connectivity index (χ1n) is 6.66. The molecule has 0 radical (unpaired) electrons. The van der Waals surface area contributed by atoms with E-state index in [2.05, 4.69) is 22.3 Å². The Labute approximate surface area is 115 Å². The maximum Gasteiger partial charge on any atom is 0.219 e. The molecule has 5 heteroatoms. The molecule has 0 bridgehead atoms. The summed E-state index contributed by atoms with van der Waals surface area (Å²) in [5.41, 5.74) is 0.752. The van der Waals surface area contributed by atoms with Crippen LogP contribution in [0.4, 0.5) is 0 Å². The summed E-state index contributed by atoms with van der Waals surface area (Å²) < 4.78 is 0. The smallest absolute Gasteiger partial charge is 0.219 e. The van der Waals surface area contributed by atoms with Gasteiger partial charge in [0, 0.05) is 32.5 Å². The van der Waals surface area contributed by atoms with E-state index in [1.165, 1.54) is 0 Å². The number of hydrogen-bond acceptors (Lipinski definition) is 4. The molecule has 0 aliphatic carbocycles. The number of carbonyl (C=O) groups excluding carboxylic acids is 1. The van der Waals surface area contributed by atoms with Gasteiger partial charge < -0.3 is 15.1 Å². The van der Waals surface area contributed by atoms with Crippen molar-refractivity contribution >= 4 is 11.6 Å². The summed E-state index contributed by atoms with van der Waals surface area (Å²) in [7, 11) is 0. The number of nitrogens with one attached hydrogen (secondary N) is 1. The maximum atomic E-state index is 11.3. The average molecular weight is 265 g/mol. The van der Waals surface area contributed by atoms with E-state index in [0.717, 1.165) is 18.8 Å². The van der Waals surface area contributed by atoms with Gasteiger partial charge in [-0.05, 0) is 12.8 Å². The van der Waals surface area contributed by atoms with Crippen molar-refractivity contribution in [3.63, 3.8) is 0 Å². The van der Waals surface area contributed by atoms with Gasteiger partial charge in [0.15, 0.2) is 0 Å². The van der Waals surface area contributed by atoms with Gasteiger partial charge in [0.1, 0.15) is 12.3 Å². The number of amides is 1. The number of nitrogens with zero attached hydrogens (tertiary/aromatic N) is 2. The van der Waals surface area contributed by atoms with Crippen LogP contribution < -0.4 is 5.32 Å². The van der Waals surface area contributed by atoms with Crippen molar-refractivity contribution in [1.82, 2.24) is 10.2 Å². The first kappa shape index (κ1) is 15.5. The van der Waals surface area contributed by atoms with Crippen molar-refractivity contribution in [3.05, 3.63) is 0 Å². The molecule has 1 aliphatic rings. The summed E-state index contributed by atoms with van der Waals surface area (Å²) >= 11 is 0. The third kappa shape index (κ3) is 5.31. The molecule has 5 nitrogen and oxygen atoms in total. The van der Waals surface area contributed by atoms with Gasteiger partial charge in [-0.15, -0.1) is 0 Å². The highest BCUT2D eigenvalue weighted by molar-refractivity contribution is 6.01. The molecular weight excluding hydrogens is 242 g/mol. The number of hydrogen-bond donors (Lipinski definition) is 1. The summed E-state index contributed by atoms with van der Waals surface area (Å²) in [6.07, 6.45) is 0. The summed E-state index contributed by atoms with van der Waals surface area (Å²) in [6.45, 7) is 10.1. The highest BCUT2D eigenvalue weighted by atomic mass is 16.6. The Morgan fingerprint density at radius 1 is 1.58 bits per heavy atom. The quantitative estimate of drug-likeness (QED) is 0.466. The van der Waals surface area contributed by atoms with Crippen LogP contribution in [0.1, 0.15) is 27.7 Å². The highest BCUT2D eigenvalue weighted by Crippen LogP contribution is 2.02. The molecule has 0 aromatic rings. The third-order valence-corrected chi connectivity index (χ3v) is 2.94. The largest absolute Gasteiger partial charge is 0.393 e. The second-order valence-electron chi connectivity index (χ2n) is 4.92. The van der Waals surface area contributed by atoms with Crippen LogP contribution in [0.2, 0.25) is 0 Å². The van der Waals surface area contributed by atoms with Gasteiger partial charge in [0.2, 0.25) is 5.91 Å². The fourth-order valence-corrected chi connectivity index (χ4v) is 1.82. The molecule has 1 saturated heterocycles. The number of carbonyl (C=O) groups is 1. The minimum atomic E-state index is 0.106. The van der Waals surface area contributed by atoms with Crippen LogP contribution in [0, 0.1) is 17.8 Å². The van der Waals surface area contributed by atoms with E-state index < -0.39 is 0 Å². The molecule has 1 fully saturated rings.